The first-order valence-corrected chi connectivity index (χ1v) is 12.9. The molecule has 0 N–H and O–H groups in total. The number of allylic oxidation sites excluding steroid dienone is 1. The number of esters is 2. The van der Waals surface area contributed by atoms with Gasteiger partial charge >= 0.3 is 11.9 Å². The molecular formula is C30H46O3. The van der Waals surface area contributed by atoms with Gasteiger partial charge in [-0.2, -0.15) is 0 Å². The highest BCUT2D eigenvalue weighted by Crippen LogP contribution is 2.13. The number of carbonyl (C=O) groups excluding carboxylic acids is 2. The largest absolute Gasteiger partial charge is 0.387 e. The summed E-state index contributed by atoms with van der Waals surface area (Å²) in [4.78, 5) is 19.8. The molecule has 1 aromatic rings. The summed E-state index contributed by atoms with van der Waals surface area (Å²) >= 11 is 0. The average Bonchev–Trinajstić information content (AvgIpc) is 3.23. The van der Waals surface area contributed by atoms with E-state index in [4.69, 9.17) is 0 Å². The molecule has 1 aliphatic heterocycles. The van der Waals surface area contributed by atoms with Gasteiger partial charge in [0.25, 0.3) is 0 Å². The lowest BCUT2D eigenvalue weighted by atomic mass is 10.0. The van der Waals surface area contributed by atoms with E-state index in [1.165, 1.54) is 102 Å². The minimum atomic E-state index is -0.579. The van der Waals surface area contributed by atoms with E-state index in [1.807, 2.05) is 42.5 Å². The van der Waals surface area contributed by atoms with E-state index in [0.29, 0.717) is 0 Å². The first kappa shape index (κ1) is 30.6. The van der Waals surface area contributed by atoms with E-state index in [2.05, 4.69) is 24.8 Å². The Kier molecular flexibility index (Phi) is 22.5. The molecule has 0 unspecified atom stereocenters. The molecule has 33 heavy (non-hydrogen) atoms. The van der Waals surface area contributed by atoms with Gasteiger partial charge in [-0.05, 0) is 18.4 Å². The molecule has 184 valence electrons. The smallest absolute Gasteiger partial charge is 0.338 e. The molecule has 0 fully saturated rings. The van der Waals surface area contributed by atoms with Gasteiger partial charge in [0.05, 0.1) is 0 Å². The van der Waals surface area contributed by atoms with Crippen molar-refractivity contribution in [3.05, 3.63) is 67.3 Å². The van der Waals surface area contributed by atoms with Crippen molar-refractivity contribution in [2.75, 3.05) is 0 Å². The van der Waals surface area contributed by atoms with Gasteiger partial charge in [-0.25, -0.2) is 9.59 Å². The van der Waals surface area contributed by atoms with Gasteiger partial charge in [0, 0.05) is 12.2 Å². The van der Waals surface area contributed by atoms with Crippen molar-refractivity contribution in [2.24, 2.45) is 0 Å². The van der Waals surface area contributed by atoms with Crippen molar-refractivity contribution >= 4 is 18.0 Å². The summed E-state index contributed by atoms with van der Waals surface area (Å²) in [5.41, 5.74) is 1.17. The average molecular weight is 455 g/mol. The van der Waals surface area contributed by atoms with Crippen molar-refractivity contribution < 1.29 is 14.3 Å². The van der Waals surface area contributed by atoms with Crippen LogP contribution in [0.4, 0.5) is 0 Å². The molecule has 1 aliphatic rings. The van der Waals surface area contributed by atoms with Crippen LogP contribution in [0.5, 0.6) is 0 Å². The van der Waals surface area contributed by atoms with Gasteiger partial charge in [-0.1, -0.05) is 139 Å². The zero-order valence-electron chi connectivity index (χ0n) is 20.9. The second kappa shape index (κ2) is 24.2. The zero-order valence-corrected chi connectivity index (χ0v) is 20.9. The maximum Gasteiger partial charge on any atom is 0.338 e. The SMILES string of the molecule is C=CCCCCCCCCCCCCCCCC.C=Cc1ccccc1.O=C1C=CC(=O)O1. The van der Waals surface area contributed by atoms with Gasteiger partial charge in [-0.3, -0.25) is 0 Å². The lowest BCUT2D eigenvalue weighted by Gasteiger charge is -2.02. The first-order chi connectivity index (χ1) is 16.1. The van der Waals surface area contributed by atoms with Gasteiger partial charge in [0.1, 0.15) is 0 Å². The third kappa shape index (κ3) is 22.6. The zero-order chi connectivity index (χ0) is 24.4. The van der Waals surface area contributed by atoms with E-state index < -0.39 is 11.9 Å². The highest BCUT2D eigenvalue weighted by atomic mass is 16.6. The summed E-state index contributed by atoms with van der Waals surface area (Å²) in [5, 5.41) is 0. The summed E-state index contributed by atoms with van der Waals surface area (Å²) < 4.78 is 3.97. The molecule has 0 aliphatic carbocycles. The number of unbranched alkanes of at least 4 members (excludes halogenated alkanes) is 14. The molecule has 2 rings (SSSR count). The minimum absolute atomic E-state index is 0.579. The molecule has 0 amide bonds. The number of cyclic esters (lactones) is 2. The summed E-state index contributed by atoms with van der Waals surface area (Å²) in [6, 6.07) is 10.0. The Bertz CT molecular complexity index is 630. The van der Waals surface area contributed by atoms with Gasteiger partial charge < -0.3 is 4.74 Å². The molecule has 0 aromatic heterocycles. The fraction of sp³-hybridized carbons (Fsp3) is 0.533. The van der Waals surface area contributed by atoms with Crippen molar-refractivity contribution in [2.45, 2.75) is 103 Å². The van der Waals surface area contributed by atoms with Crippen LogP contribution in [-0.4, -0.2) is 11.9 Å². The van der Waals surface area contributed by atoms with Crippen LogP contribution in [0.15, 0.2) is 61.7 Å². The fourth-order valence-electron chi connectivity index (χ4n) is 3.38. The summed E-state index contributed by atoms with van der Waals surface area (Å²) in [6.07, 6.45) is 27.5. The summed E-state index contributed by atoms with van der Waals surface area (Å²) in [7, 11) is 0. The Labute approximate surface area is 203 Å². The van der Waals surface area contributed by atoms with Crippen LogP contribution in [-0.2, 0) is 14.3 Å². The number of carbonyl (C=O) groups is 2. The standard InChI is InChI=1S/C18H36.C8H8.C4H2O3/c1-3-5-7-9-11-13-15-17-18-16-14-12-10-8-6-4-2;1-2-8-6-4-3-5-7-8;5-3-1-2-4(6)7-3/h3H,1,4-18H2,2H3;2-7H,1H2;1-2H. The quantitative estimate of drug-likeness (QED) is 0.108. The van der Waals surface area contributed by atoms with E-state index in [1.54, 1.807) is 0 Å². The minimum Gasteiger partial charge on any atom is -0.387 e. The maximum absolute atomic E-state index is 9.92. The van der Waals surface area contributed by atoms with E-state index in [0.717, 1.165) is 12.2 Å². The number of hydrogen-bond donors (Lipinski definition) is 0. The third-order valence-corrected chi connectivity index (χ3v) is 5.35. The van der Waals surface area contributed by atoms with Crippen LogP contribution in [0.25, 0.3) is 6.08 Å². The number of rotatable bonds is 16. The van der Waals surface area contributed by atoms with Crippen LogP contribution >= 0.6 is 0 Å². The van der Waals surface area contributed by atoms with Crippen LogP contribution in [0.1, 0.15) is 109 Å². The maximum atomic E-state index is 9.92. The van der Waals surface area contributed by atoms with E-state index in [-0.39, 0.29) is 0 Å². The first-order valence-electron chi connectivity index (χ1n) is 12.9. The Balaban J connectivity index is 0.000000551. The van der Waals surface area contributed by atoms with Crippen LogP contribution in [0.3, 0.4) is 0 Å². The molecule has 0 atom stereocenters. The van der Waals surface area contributed by atoms with Gasteiger partial charge in [-0.15, -0.1) is 6.58 Å². The number of benzene rings is 1. The molecular weight excluding hydrogens is 408 g/mol. The molecule has 1 heterocycles. The molecule has 3 nitrogen and oxygen atoms in total. The normalized spacial score (nSPS) is 11.7. The van der Waals surface area contributed by atoms with Gasteiger partial charge in [0.2, 0.25) is 0 Å². The monoisotopic (exact) mass is 454 g/mol. The summed E-state index contributed by atoms with van der Waals surface area (Å²) in [6.45, 7) is 9.68. The molecule has 0 saturated heterocycles. The topological polar surface area (TPSA) is 43.4 Å². The lowest BCUT2D eigenvalue weighted by Crippen LogP contribution is -1.96. The van der Waals surface area contributed by atoms with Crippen LogP contribution in [0.2, 0.25) is 0 Å². The van der Waals surface area contributed by atoms with Crippen LogP contribution < -0.4 is 0 Å². The van der Waals surface area contributed by atoms with Crippen molar-refractivity contribution in [1.82, 2.24) is 0 Å². The Hall–Kier alpha value is -2.42. The highest BCUT2D eigenvalue weighted by Gasteiger charge is 2.10. The fourth-order valence-corrected chi connectivity index (χ4v) is 3.38. The molecule has 0 bridgehead atoms. The Morgan fingerprint density at radius 3 is 1.39 bits per heavy atom. The predicted molar refractivity (Wildman–Crippen MR) is 142 cm³/mol. The highest BCUT2D eigenvalue weighted by molar-refractivity contribution is 6.04. The Morgan fingerprint density at radius 2 is 1.09 bits per heavy atom. The predicted octanol–water partition coefficient (Wildman–Crippen LogP) is 9.00. The molecule has 0 spiro atoms. The Morgan fingerprint density at radius 1 is 0.667 bits per heavy atom. The second-order valence-electron chi connectivity index (χ2n) is 8.36. The molecule has 1 aromatic carbocycles. The van der Waals surface area contributed by atoms with Gasteiger partial charge in [0.15, 0.2) is 0 Å². The number of ether oxygens (including phenoxy) is 1. The third-order valence-electron chi connectivity index (χ3n) is 5.35. The van der Waals surface area contributed by atoms with E-state index in [9.17, 15) is 9.59 Å². The van der Waals surface area contributed by atoms with Crippen molar-refractivity contribution in [3.63, 3.8) is 0 Å². The van der Waals surface area contributed by atoms with Crippen LogP contribution in [0, 0.1) is 0 Å². The number of hydrogen-bond acceptors (Lipinski definition) is 3. The summed E-state index contributed by atoms with van der Waals surface area (Å²) in [5.74, 6) is -1.16. The van der Waals surface area contributed by atoms with Crippen molar-refractivity contribution in [3.8, 4) is 0 Å². The molecule has 3 heteroatoms. The van der Waals surface area contributed by atoms with E-state index >= 15 is 0 Å². The molecule has 0 saturated carbocycles. The second-order valence-corrected chi connectivity index (χ2v) is 8.36. The van der Waals surface area contributed by atoms with Crippen molar-refractivity contribution in [1.29, 1.82) is 0 Å². The lowest BCUT2D eigenvalue weighted by molar-refractivity contribution is -0.150. The molecule has 0 radical (unpaired) electrons.